The first-order valence-electron chi connectivity index (χ1n) is 6.38. The first-order valence-corrected chi connectivity index (χ1v) is 6.75. The van der Waals surface area contributed by atoms with Crippen LogP contribution in [0.5, 0.6) is 11.5 Å². The molecule has 0 amide bonds. The highest BCUT2D eigenvalue weighted by atomic mass is 35.5. The molecule has 5 nitrogen and oxygen atoms in total. The van der Waals surface area contributed by atoms with Gasteiger partial charge in [-0.2, -0.15) is 0 Å². The topological polar surface area (TPSA) is 64.4 Å². The monoisotopic (exact) mass is 306 g/mol. The average Bonchev–Trinajstić information content (AvgIpc) is 2.43. The van der Waals surface area contributed by atoms with Gasteiger partial charge in [-0.05, 0) is 37.7 Å². The van der Waals surface area contributed by atoms with Crippen LogP contribution in [0.1, 0.15) is 11.1 Å². The van der Waals surface area contributed by atoms with Crippen LogP contribution in [0.3, 0.4) is 0 Å². The summed E-state index contributed by atoms with van der Waals surface area (Å²) < 4.78 is 5.80. The van der Waals surface area contributed by atoms with Crippen molar-refractivity contribution in [2.45, 2.75) is 13.5 Å². The molecule has 0 atom stereocenters. The SMILES string of the molecule is CNCc1cc(Cl)ccc1Oc1c(C)cccc1[N+](=O)[O-]. The van der Waals surface area contributed by atoms with Gasteiger partial charge in [0.1, 0.15) is 5.75 Å². The number of benzene rings is 2. The van der Waals surface area contributed by atoms with E-state index in [4.69, 9.17) is 16.3 Å². The van der Waals surface area contributed by atoms with Crippen LogP contribution in [-0.2, 0) is 6.54 Å². The van der Waals surface area contributed by atoms with Crippen molar-refractivity contribution in [2.24, 2.45) is 0 Å². The predicted molar refractivity (Wildman–Crippen MR) is 82.1 cm³/mol. The molecule has 0 spiro atoms. The molecule has 6 heteroatoms. The van der Waals surface area contributed by atoms with Crippen LogP contribution in [0.4, 0.5) is 5.69 Å². The van der Waals surface area contributed by atoms with Crippen LogP contribution in [0.25, 0.3) is 0 Å². The maximum absolute atomic E-state index is 11.1. The van der Waals surface area contributed by atoms with Crippen LogP contribution >= 0.6 is 11.6 Å². The number of ether oxygens (including phenoxy) is 1. The summed E-state index contributed by atoms with van der Waals surface area (Å²) in [6, 6.07) is 10.0. The summed E-state index contributed by atoms with van der Waals surface area (Å²) in [6.07, 6.45) is 0. The van der Waals surface area contributed by atoms with Gasteiger partial charge in [0.2, 0.25) is 5.75 Å². The number of nitrogens with one attached hydrogen (secondary N) is 1. The minimum absolute atomic E-state index is 0.0552. The Bertz CT molecular complexity index is 674. The molecule has 0 aliphatic carbocycles. The Hall–Kier alpha value is -2.11. The Morgan fingerprint density at radius 2 is 2.10 bits per heavy atom. The quantitative estimate of drug-likeness (QED) is 0.668. The standard InChI is InChI=1S/C15H15ClN2O3/c1-10-4-3-5-13(18(19)20)15(10)21-14-7-6-12(16)8-11(14)9-17-2/h3-8,17H,9H2,1-2H3. The van der Waals surface area contributed by atoms with Crippen molar-refractivity contribution in [3.63, 3.8) is 0 Å². The summed E-state index contributed by atoms with van der Waals surface area (Å²) in [5.41, 5.74) is 1.48. The molecular weight excluding hydrogens is 292 g/mol. The summed E-state index contributed by atoms with van der Waals surface area (Å²) in [5, 5.41) is 14.7. The zero-order valence-corrected chi connectivity index (χ0v) is 12.5. The second-order valence-corrected chi connectivity index (χ2v) is 5.00. The van der Waals surface area contributed by atoms with Crippen LogP contribution in [-0.4, -0.2) is 12.0 Å². The van der Waals surface area contributed by atoms with Crippen LogP contribution < -0.4 is 10.1 Å². The number of para-hydroxylation sites is 1. The highest BCUT2D eigenvalue weighted by molar-refractivity contribution is 6.30. The molecule has 2 aromatic rings. The van der Waals surface area contributed by atoms with Gasteiger partial charge in [-0.3, -0.25) is 10.1 Å². The molecule has 0 saturated heterocycles. The summed E-state index contributed by atoms with van der Waals surface area (Å²) >= 11 is 5.98. The molecule has 0 aromatic heterocycles. The second kappa shape index (κ2) is 6.56. The predicted octanol–water partition coefficient (Wildman–Crippen LogP) is 4.07. The molecule has 0 aliphatic rings. The van der Waals surface area contributed by atoms with Crippen LogP contribution in [0.2, 0.25) is 5.02 Å². The van der Waals surface area contributed by atoms with Crippen molar-refractivity contribution in [1.82, 2.24) is 5.32 Å². The van der Waals surface area contributed by atoms with E-state index in [0.717, 1.165) is 5.56 Å². The molecule has 110 valence electrons. The lowest BCUT2D eigenvalue weighted by atomic mass is 10.1. The molecule has 0 aliphatic heterocycles. The number of hydrogen-bond acceptors (Lipinski definition) is 4. The van der Waals surface area contributed by atoms with E-state index in [1.54, 1.807) is 44.3 Å². The second-order valence-electron chi connectivity index (χ2n) is 4.56. The lowest BCUT2D eigenvalue weighted by Crippen LogP contribution is -2.07. The summed E-state index contributed by atoms with van der Waals surface area (Å²) in [4.78, 5) is 10.7. The number of nitro groups is 1. The van der Waals surface area contributed by atoms with Gasteiger partial charge in [0.15, 0.2) is 0 Å². The minimum Gasteiger partial charge on any atom is -0.450 e. The van der Waals surface area contributed by atoms with E-state index in [-0.39, 0.29) is 11.4 Å². The largest absolute Gasteiger partial charge is 0.450 e. The smallest absolute Gasteiger partial charge is 0.311 e. The number of halogens is 1. The van der Waals surface area contributed by atoms with E-state index in [1.165, 1.54) is 6.07 Å². The third kappa shape index (κ3) is 3.51. The number of rotatable bonds is 5. The molecule has 0 radical (unpaired) electrons. The van der Waals surface area contributed by atoms with Gasteiger partial charge in [-0.1, -0.05) is 23.7 Å². The van der Waals surface area contributed by atoms with Crippen LogP contribution in [0, 0.1) is 17.0 Å². The first kappa shape index (κ1) is 15.3. The van der Waals surface area contributed by atoms with E-state index in [0.29, 0.717) is 22.9 Å². The molecule has 21 heavy (non-hydrogen) atoms. The molecular formula is C15H15ClN2O3. The Morgan fingerprint density at radius 1 is 1.33 bits per heavy atom. The summed E-state index contributed by atoms with van der Waals surface area (Å²) in [7, 11) is 1.81. The lowest BCUT2D eigenvalue weighted by molar-refractivity contribution is -0.385. The molecule has 2 aromatic carbocycles. The zero-order chi connectivity index (χ0) is 15.4. The Balaban J connectivity index is 2.45. The van der Waals surface area contributed by atoms with Crippen molar-refractivity contribution < 1.29 is 9.66 Å². The molecule has 0 heterocycles. The Morgan fingerprint density at radius 3 is 2.76 bits per heavy atom. The molecule has 0 saturated carbocycles. The van der Waals surface area contributed by atoms with Gasteiger partial charge in [0.05, 0.1) is 4.92 Å². The highest BCUT2D eigenvalue weighted by Gasteiger charge is 2.19. The Labute approximate surface area is 127 Å². The van der Waals surface area contributed by atoms with Gasteiger partial charge in [-0.15, -0.1) is 0 Å². The van der Waals surface area contributed by atoms with Crippen molar-refractivity contribution in [3.8, 4) is 11.5 Å². The van der Waals surface area contributed by atoms with Gasteiger partial charge in [-0.25, -0.2) is 0 Å². The average molecular weight is 307 g/mol. The van der Waals surface area contributed by atoms with Crippen molar-refractivity contribution in [1.29, 1.82) is 0 Å². The summed E-state index contributed by atoms with van der Waals surface area (Å²) in [5.74, 6) is 0.799. The van der Waals surface area contributed by atoms with Gasteiger partial charge in [0, 0.05) is 23.2 Å². The normalized spacial score (nSPS) is 10.4. The number of aryl methyl sites for hydroxylation is 1. The molecule has 0 fully saturated rings. The summed E-state index contributed by atoms with van der Waals surface area (Å²) in [6.45, 7) is 2.32. The fourth-order valence-electron chi connectivity index (χ4n) is 2.00. The van der Waals surface area contributed by atoms with Gasteiger partial charge < -0.3 is 10.1 Å². The van der Waals surface area contributed by atoms with Gasteiger partial charge in [0.25, 0.3) is 0 Å². The first-order chi connectivity index (χ1) is 10.0. The van der Waals surface area contributed by atoms with E-state index in [1.807, 2.05) is 0 Å². The van der Waals surface area contributed by atoms with E-state index in [9.17, 15) is 10.1 Å². The molecule has 0 bridgehead atoms. The molecule has 0 unspecified atom stereocenters. The van der Waals surface area contributed by atoms with Crippen LogP contribution in [0.15, 0.2) is 36.4 Å². The fraction of sp³-hybridized carbons (Fsp3) is 0.200. The van der Waals surface area contributed by atoms with E-state index < -0.39 is 4.92 Å². The van der Waals surface area contributed by atoms with Gasteiger partial charge >= 0.3 is 5.69 Å². The van der Waals surface area contributed by atoms with E-state index in [2.05, 4.69) is 5.32 Å². The number of nitro benzene ring substituents is 1. The third-order valence-electron chi connectivity index (χ3n) is 2.99. The number of hydrogen-bond donors (Lipinski definition) is 1. The van der Waals surface area contributed by atoms with E-state index >= 15 is 0 Å². The fourth-order valence-corrected chi connectivity index (χ4v) is 2.19. The minimum atomic E-state index is -0.448. The number of nitrogens with zero attached hydrogens (tertiary/aromatic N) is 1. The Kier molecular flexibility index (Phi) is 4.77. The molecule has 2 rings (SSSR count). The lowest BCUT2D eigenvalue weighted by Gasteiger charge is -2.13. The molecule has 1 N–H and O–H groups in total. The third-order valence-corrected chi connectivity index (χ3v) is 3.22. The highest BCUT2D eigenvalue weighted by Crippen LogP contribution is 2.36. The van der Waals surface area contributed by atoms with Crippen molar-refractivity contribution >= 4 is 17.3 Å². The van der Waals surface area contributed by atoms with Crippen molar-refractivity contribution in [2.75, 3.05) is 7.05 Å². The maximum atomic E-state index is 11.1. The van der Waals surface area contributed by atoms with Crippen molar-refractivity contribution in [3.05, 3.63) is 62.7 Å². The zero-order valence-electron chi connectivity index (χ0n) is 11.7. The maximum Gasteiger partial charge on any atom is 0.311 e.